The van der Waals surface area contributed by atoms with Crippen molar-refractivity contribution in [2.45, 2.75) is 72.0 Å². The Labute approximate surface area is 190 Å². The predicted molar refractivity (Wildman–Crippen MR) is 128 cm³/mol. The lowest BCUT2D eigenvalue weighted by atomic mass is 10.0. The lowest BCUT2D eigenvalue weighted by molar-refractivity contribution is -0.121. The summed E-state index contributed by atoms with van der Waals surface area (Å²) < 4.78 is 3.87. The number of nitrogens with one attached hydrogen (secondary N) is 1. The first-order valence-corrected chi connectivity index (χ1v) is 12.0. The summed E-state index contributed by atoms with van der Waals surface area (Å²) in [5.74, 6) is 0.0705. The van der Waals surface area contributed by atoms with Gasteiger partial charge in [0.25, 0.3) is 0 Å². The van der Waals surface area contributed by atoms with E-state index in [-0.39, 0.29) is 11.9 Å². The fourth-order valence-electron chi connectivity index (χ4n) is 4.79. The van der Waals surface area contributed by atoms with E-state index in [1.165, 1.54) is 36.8 Å². The zero-order valence-corrected chi connectivity index (χ0v) is 19.7. The molecule has 3 heterocycles. The summed E-state index contributed by atoms with van der Waals surface area (Å²) in [5.41, 5.74) is 5.57. The summed E-state index contributed by atoms with van der Waals surface area (Å²) in [5, 5.41) is 12.3. The smallest absolute Gasteiger partial charge is 0.221 e. The summed E-state index contributed by atoms with van der Waals surface area (Å²) in [6.45, 7) is 10.4. The van der Waals surface area contributed by atoms with Crippen LogP contribution < -0.4 is 5.32 Å². The molecule has 1 amide bonds. The molecule has 1 aliphatic rings. The minimum atomic E-state index is 0.0705. The molecule has 1 saturated heterocycles. The number of amides is 1. The maximum atomic E-state index is 12.8. The van der Waals surface area contributed by atoms with Crippen LogP contribution in [0.5, 0.6) is 0 Å². The highest BCUT2D eigenvalue weighted by Crippen LogP contribution is 2.24. The van der Waals surface area contributed by atoms with E-state index in [4.69, 9.17) is 0 Å². The van der Waals surface area contributed by atoms with Crippen molar-refractivity contribution in [2.24, 2.45) is 0 Å². The zero-order valence-electron chi connectivity index (χ0n) is 19.7. The number of hydrogen-bond acceptors (Lipinski definition) is 4. The highest BCUT2D eigenvalue weighted by Gasteiger charge is 2.22. The Morgan fingerprint density at radius 2 is 1.78 bits per heavy atom. The minimum absolute atomic E-state index is 0.0705. The molecule has 0 saturated carbocycles. The van der Waals surface area contributed by atoms with Crippen molar-refractivity contribution >= 4 is 16.9 Å². The van der Waals surface area contributed by atoms with Gasteiger partial charge in [0.1, 0.15) is 11.0 Å². The lowest BCUT2D eigenvalue weighted by Crippen LogP contribution is -2.38. The molecule has 32 heavy (non-hydrogen) atoms. The van der Waals surface area contributed by atoms with Crippen LogP contribution >= 0.6 is 0 Å². The van der Waals surface area contributed by atoms with Gasteiger partial charge in [-0.25, -0.2) is 0 Å². The van der Waals surface area contributed by atoms with Gasteiger partial charge in [-0.05, 0) is 52.3 Å². The van der Waals surface area contributed by atoms with Gasteiger partial charge in [-0.15, -0.1) is 0 Å². The van der Waals surface area contributed by atoms with E-state index in [0.29, 0.717) is 19.5 Å². The van der Waals surface area contributed by atoms with E-state index in [1.54, 1.807) is 0 Å². The van der Waals surface area contributed by atoms with Crippen LogP contribution in [0.1, 0.15) is 61.9 Å². The summed E-state index contributed by atoms with van der Waals surface area (Å²) in [7, 11) is 0. The second-order valence-corrected chi connectivity index (χ2v) is 8.93. The number of hydrogen-bond donors (Lipinski definition) is 1. The molecule has 0 aliphatic carbocycles. The number of aryl methyl sites for hydroxylation is 4. The van der Waals surface area contributed by atoms with Gasteiger partial charge in [0.2, 0.25) is 5.91 Å². The maximum absolute atomic E-state index is 12.8. The molecule has 0 radical (unpaired) electrons. The van der Waals surface area contributed by atoms with Gasteiger partial charge in [0, 0.05) is 19.5 Å². The number of carbonyl (C=O) groups is 1. The highest BCUT2D eigenvalue weighted by atomic mass is 16.1. The van der Waals surface area contributed by atoms with E-state index in [1.807, 2.05) is 22.5 Å². The third-order valence-electron chi connectivity index (χ3n) is 6.60. The van der Waals surface area contributed by atoms with Crippen molar-refractivity contribution in [1.82, 2.24) is 29.8 Å². The molecular formula is C25H36N6O. The van der Waals surface area contributed by atoms with Crippen molar-refractivity contribution < 1.29 is 4.79 Å². The van der Waals surface area contributed by atoms with E-state index in [2.05, 4.69) is 58.5 Å². The molecule has 7 heteroatoms. The number of likely N-dealkylation sites (tertiary alicyclic amines) is 1. The van der Waals surface area contributed by atoms with Crippen LogP contribution in [0.25, 0.3) is 11.0 Å². The Balaban J connectivity index is 1.39. The number of aromatic nitrogens is 4. The van der Waals surface area contributed by atoms with Gasteiger partial charge in [0.05, 0.1) is 24.5 Å². The SMILES string of the molecule is CCn1nc(C)c2c1cnn2CCC(=O)NCC(c1ccc(C)cc1)N1CCCCCC1. The molecule has 4 rings (SSSR count). The normalized spacial score (nSPS) is 16.2. The minimum Gasteiger partial charge on any atom is -0.354 e. The van der Waals surface area contributed by atoms with Crippen LogP contribution in [0.15, 0.2) is 30.5 Å². The summed E-state index contributed by atoms with van der Waals surface area (Å²) in [4.78, 5) is 15.3. The number of carbonyl (C=O) groups excluding carboxylic acids is 1. The first-order valence-electron chi connectivity index (χ1n) is 12.0. The average molecular weight is 437 g/mol. The Morgan fingerprint density at radius 1 is 1.06 bits per heavy atom. The standard InChI is InChI=1S/C25H36N6O/c1-4-30-23-18-27-31(25(23)20(3)28-30)16-13-24(32)26-17-22(21-11-9-19(2)10-12-21)29-14-7-5-6-8-15-29/h9-12,18,22H,4-8,13-17H2,1-3H3,(H,26,32). The summed E-state index contributed by atoms with van der Waals surface area (Å²) >= 11 is 0. The van der Waals surface area contributed by atoms with Crippen LogP contribution in [-0.4, -0.2) is 50.0 Å². The molecule has 0 spiro atoms. The number of benzene rings is 1. The van der Waals surface area contributed by atoms with E-state index < -0.39 is 0 Å². The predicted octanol–water partition coefficient (Wildman–Crippen LogP) is 3.99. The maximum Gasteiger partial charge on any atom is 0.221 e. The number of rotatable bonds is 8. The number of nitrogens with zero attached hydrogens (tertiary/aromatic N) is 5. The van der Waals surface area contributed by atoms with Crippen LogP contribution in [0.4, 0.5) is 0 Å². The summed E-state index contributed by atoms with van der Waals surface area (Å²) in [6, 6.07) is 8.99. The first-order chi connectivity index (χ1) is 15.6. The topological polar surface area (TPSA) is 68.0 Å². The van der Waals surface area contributed by atoms with Gasteiger partial charge < -0.3 is 5.32 Å². The van der Waals surface area contributed by atoms with Crippen LogP contribution in [-0.2, 0) is 17.9 Å². The third kappa shape index (κ3) is 5.04. The van der Waals surface area contributed by atoms with Gasteiger partial charge in [-0.3, -0.25) is 19.1 Å². The highest BCUT2D eigenvalue weighted by molar-refractivity contribution is 5.78. The Kier molecular flexibility index (Phi) is 7.25. The Bertz CT molecular complexity index is 1030. The first kappa shape index (κ1) is 22.5. The number of fused-ring (bicyclic) bond motifs is 1. The van der Waals surface area contributed by atoms with Crippen molar-refractivity contribution in [3.05, 3.63) is 47.3 Å². The fraction of sp³-hybridized carbons (Fsp3) is 0.560. The second-order valence-electron chi connectivity index (χ2n) is 8.93. The fourth-order valence-corrected chi connectivity index (χ4v) is 4.79. The molecular weight excluding hydrogens is 400 g/mol. The monoisotopic (exact) mass is 436 g/mol. The zero-order chi connectivity index (χ0) is 22.5. The van der Waals surface area contributed by atoms with Gasteiger partial charge in [-0.2, -0.15) is 10.2 Å². The van der Waals surface area contributed by atoms with Crippen molar-refractivity contribution in [2.75, 3.05) is 19.6 Å². The summed E-state index contributed by atoms with van der Waals surface area (Å²) in [6.07, 6.45) is 7.33. The van der Waals surface area contributed by atoms with Crippen molar-refractivity contribution in [3.8, 4) is 0 Å². The quantitative estimate of drug-likeness (QED) is 0.580. The largest absolute Gasteiger partial charge is 0.354 e. The van der Waals surface area contributed by atoms with Crippen molar-refractivity contribution in [3.63, 3.8) is 0 Å². The Hall–Kier alpha value is -2.67. The van der Waals surface area contributed by atoms with E-state index in [9.17, 15) is 4.79 Å². The molecule has 3 aromatic rings. The lowest BCUT2D eigenvalue weighted by Gasteiger charge is -2.31. The molecule has 1 atom stereocenters. The molecule has 0 bridgehead atoms. The molecule has 1 aromatic carbocycles. The van der Waals surface area contributed by atoms with Gasteiger partial charge in [0.15, 0.2) is 0 Å². The second kappa shape index (κ2) is 10.3. The van der Waals surface area contributed by atoms with Crippen LogP contribution in [0, 0.1) is 13.8 Å². The molecule has 1 unspecified atom stereocenters. The van der Waals surface area contributed by atoms with E-state index >= 15 is 0 Å². The Morgan fingerprint density at radius 3 is 2.47 bits per heavy atom. The molecule has 7 nitrogen and oxygen atoms in total. The molecule has 172 valence electrons. The third-order valence-corrected chi connectivity index (χ3v) is 6.60. The molecule has 1 N–H and O–H groups in total. The van der Waals surface area contributed by atoms with Crippen LogP contribution in [0.2, 0.25) is 0 Å². The van der Waals surface area contributed by atoms with E-state index in [0.717, 1.165) is 36.4 Å². The van der Waals surface area contributed by atoms with Gasteiger partial charge >= 0.3 is 0 Å². The molecule has 2 aromatic heterocycles. The molecule has 1 fully saturated rings. The van der Waals surface area contributed by atoms with Crippen LogP contribution in [0.3, 0.4) is 0 Å². The molecule has 1 aliphatic heterocycles. The average Bonchev–Trinajstić information content (AvgIpc) is 3.23. The van der Waals surface area contributed by atoms with Crippen molar-refractivity contribution in [1.29, 1.82) is 0 Å². The van der Waals surface area contributed by atoms with Gasteiger partial charge in [-0.1, -0.05) is 42.7 Å².